The lowest BCUT2D eigenvalue weighted by Gasteiger charge is -2.27. The van der Waals surface area contributed by atoms with E-state index in [1.165, 1.54) is 54.7 Å². The highest BCUT2D eigenvalue weighted by Gasteiger charge is 2.23. The largest absolute Gasteiger partial charge is 0.337 e. The maximum atomic E-state index is 4.81. The summed E-state index contributed by atoms with van der Waals surface area (Å²) in [5, 5.41) is 5.07. The second kappa shape index (κ2) is 12.5. The second-order valence-corrected chi connectivity index (χ2v) is 16.8. The van der Waals surface area contributed by atoms with E-state index in [0.717, 1.165) is 33.9 Å². The van der Waals surface area contributed by atoms with Crippen LogP contribution in [-0.2, 0) is 10.8 Å². The molecule has 0 radical (unpaired) electrons. The molecule has 266 valence electrons. The summed E-state index contributed by atoms with van der Waals surface area (Å²) < 4.78 is 4.84. The van der Waals surface area contributed by atoms with E-state index >= 15 is 0 Å². The van der Waals surface area contributed by atoms with E-state index < -0.39 is 0 Å². The smallest absolute Gasteiger partial charge is 0.0541 e. The Morgan fingerprint density at radius 2 is 1.04 bits per heavy atom. The zero-order valence-corrected chi connectivity index (χ0v) is 32.2. The number of allylic oxidation sites excluding steroid dienone is 4. The van der Waals surface area contributed by atoms with E-state index in [9.17, 15) is 0 Å². The van der Waals surface area contributed by atoms with Gasteiger partial charge in [-0.25, -0.2) is 0 Å². The van der Waals surface area contributed by atoms with Crippen LogP contribution in [0.3, 0.4) is 0 Å². The molecule has 3 nitrogen and oxygen atoms in total. The summed E-state index contributed by atoms with van der Waals surface area (Å²) in [6.07, 6.45) is 6.81. The number of aromatic nitrogens is 2. The lowest BCUT2D eigenvalue weighted by Crippen LogP contribution is -2.18. The normalized spacial score (nSPS) is 15.6. The monoisotopic (exact) mass is 701 g/mol. The van der Waals surface area contributed by atoms with Gasteiger partial charge in [-0.1, -0.05) is 121 Å². The molecule has 0 saturated carbocycles. The summed E-state index contributed by atoms with van der Waals surface area (Å²) in [6, 6.07) is 49.1. The number of hydrogen-bond donors (Lipinski definition) is 0. The van der Waals surface area contributed by atoms with Crippen LogP contribution in [0.15, 0.2) is 158 Å². The van der Waals surface area contributed by atoms with Gasteiger partial charge in [0.15, 0.2) is 0 Å². The highest BCUT2D eigenvalue weighted by atomic mass is 15.1. The van der Waals surface area contributed by atoms with Crippen molar-refractivity contribution in [2.24, 2.45) is 0 Å². The fourth-order valence-corrected chi connectivity index (χ4v) is 8.26. The molecule has 0 N–H and O–H groups in total. The van der Waals surface area contributed by atoms with Gasteiger partial charge in [-0.2, -0.15) is 0 Å². The molecule has 0 unspecified atom stereocenters. The first-order valence-electron chi connectivity index (χ1n) is 19.1. The van der Waals surface area contributed by atoms with Crippen molar-refractivity contribution in [3.05, 3.63) is 175 Å². The Morgan fingerprint density at radius 3 is 1.61 bits per heavy atom. The van der Waals surface area contributed by atoms with Gasteiger partial charge in [-0.3, -0.25) is 0 Å². The Hall–Kier alpha value is -6.06. The van der Waals surface area contributed by atoms with Gasteiger partial charge in [0.2, 0.25) is 0 Å². The van der Waals surface area contributed by atoms with Crippen molar-refractivity contribution in [1.29, 1.82) is 0 Å². The molecular formula is C51H47N3. The molecule has 0 fully saturated rings. The zero-order valence-electron chi connectivity index (χ0n) is 32.2. The average molecular weight is 702 g/mol. The SMILES string of the molecule is C=C1/C=C(n2c3ccccc3c3ccccc32)\C=C/CN(c2ccccc2)c2ccc(-n3c4ccc(C(C)(C)C)cc4c4cc(C(C)(C)C)ccc43)cc21. The standard InChI is InChI=1S/C51H47N3/c1-34-30-38(53-46-21-13-11-19-40(46)41-20-12-14-22-47(41)53)18-15-29-52(37-16-9-8-10-17-37)45-28-25-39(33-42(34)45)54-48-26-23-35(50(2,3)4)31-43(48)44-32-36(51(5,6)7)24-27-49(44)54/h8-28,30-33H,1,29H2,2-7H3/b18-15-,38-30+. The molecule has 1 aliphatic heterocycles. The summed E-state index contributed by atoms with van der Waals surface area (Å²) in [4.78, 5) is 2.40. The third-order valence-electron chi connectivity index (χ3n) is 11.2. The van der Waals surface area contributed by atoms with Crippen molar-refractivity contribution in [3.63, 3.8) is 0 Å². The van der Waals surface area contributed by atoms with Crippen LogP contribution in [0.2, 0.25) is 0 Å². The van der Waals surface area contributed by atoms with Crippen LogP contribution in [0.5, 0.6) is 0 Å². The molecule has 8 aromatic rings. The molecule has 1 aliphatic rings. The third-order valence-corrected chi connectivity index (χ3v) is 11.2. The van der Waals surface area contributed by atoms with Crippen molar-refractivity contribution < 1.29 is 0 Å². The Labute approximate surface area is 318 Å². The van der Waals surface area contributed by atoms with Crippen molar-refractivity contribution in [2.75, 3.05) is 11.4 Å². The lowest BCUT2D eigenvalue weighted by molar-refractivity contribution is 0.590. The quantitative estimate of drug-likeness (QED) is 0.179. The van der Waals surface area contributed by atoms with E-state index in [1.807, 2.05) is 0 Å². The molecule has 0 aliphatic carbocycles. The number of fused-ring (bicyclic) bond motifs is 7. The zero-order chi connectivity index (χ0) is 37.4. The molecular weight excluding hydrogens is 655 g/mol. The van der Waals surface area contributed by atoms with Gasteiger partial charge in [-0.05, 0) is 106 Å². The molecule has 0 spiro atoms. The number of anilines is 2. The van der Waals surface area contributed by atoms with Crippen LogP contribution in [-0.4, -0.2) is 15.7 Å². The number of rotatable bonds is 3. The predicted octanol–water partition coefficient (Wildman–Crippen LogP) is 13.7. The molecule has 6 aromatic carbocycles. The molecule has 9 rings (SSSR count). The van der Waals surface area contributed by atoms with E-state index in [1.54, 1.807) is 0 Å². The van der Waals surface area contributed by atoms with Crippen molar-refractivity contribution >= 4 is 66.3 Å². The summed E-state index contributed by atoms with van der Waals surface area (Å²) in [5.41, 5.74) is 14.1. The first kappa shape index (κ1) is 33.8. The van der Waals surface area contributed by atoms with Crippen LogP contribution in [0.4, 0.5) is 11.4 Å². The first-order valence-corrected chi connectivity index (χ1v) is 19.1. The van der Waals surface area contributed by atoms with E-state index in [4.69, 9.17) is 6.58 Å². The first-order chi connectivity index (χ1) is 26.0. The van der Waals surface area contributed by atoms with Crippen LogP contribution in [0.25, 0.3) is 60.6 Å². The lowest BCUT2D eigenvalue weighted by atomic mass is 9.85. The topological polar surface area (TPSA) is 13.1 Å². The molecule has 3 heterocycles. The summed E-state index contributed by atoms with van der Waals surface area (Å²) in [6.45, 7) is 19.3. The van der Waals surface area contributed by atoms with Crippen molar-refractivity contribution in [3.8, 4) is 5.69 Å². The molecule has 0 atom stereocenters. The third kappa shape index (κ3) is 5.58. The van der Waals surface area contributed by atoms with Gasteiger partial charge in [0, 0.05) is 56.4 Å². The minimum Gasteiger partial charge on any atom is -0.337 e. The number of benzene rings is 6. The van der Waals surface area contributed by atoms with Gasteiger partial charge >= 0.3 is 0 Å². The number of para-hydroxylation sites is 3. The maximum Gasteiger partial charge on any atom is 0.0541 e. The summed E-state index contributed by atoms with van der Waals surface area (Å²) in [5.74, 6) is 0. The Bertz CT molecular complexity index is 2700. The van der Waals surface area contributed by atoms with Gasteiger partial charge < -0.3 is 14.0 Å². The summed E-state index contributed by atoms with van der Waals surface area (Å²) in [7, 11) is 0. The molecule has 0 saturated heterocycles. The maximum absolute atomic E-state index is 4.81. The molecule has 0 bridgehead atoms. The average Bonchev–Trinajstić information content (AvgIpc) is 3.69. The van der Waals surface area contributed by atoms with Crippen LogP contribution < -0.4 is 4.90 Å². The van der Waals surface area contributed by atoms with E-state index in [0.29, 0.717) is 6.54 Å². The van der Waals surface area contributed by atoms with Crippen LogP contribution >= 0.6 is 0 Å². The van der Waals surface area contributed by atoms with Crippen molar-refractivity contribution in [1.82, 2.24) is 9.13 Å². The highest BCUT2D eigenvalue weighted by molar-refractivity contribution is 6.12. The fourth-order valence-electron chi connectivity index (χ4n) is 8.26. The summed E-state index contributed by atoms with van der Waals surface area (Å²) >= 11 is 0. The Morgan fingerprint density at radius 1 is 0.500 bits per heavy atom. The van der Waals surface area contributed by atoms with Gasteiger partial charge in [-0.15, -0.1) is 0 Å². The fraction of sp³-hybridized carbons (Fsp3) is 0.176. The molecule has 0 amide bonds. The van der Waals surface area contributed by atoms with Gasteiger partial charge in [0.05, 0.1) is 22.1 Å². The molecule has 54 heavy (non-hydrogen) atoms. The van der Waals surface area contributed by atoms with E-state index in [-0.39, 0.29) is 10.8 Å². The number of nitrogens with zero attached hydrogens (tertiary/aromatic N) is 3. The number of hydrogen-bond acceptors (Lipinski definition) is 1. The minimum absolute atomic E-state index is 0.0401. The highest BCUT2D eigenvalue weighted by Crippen LogP contribution is 2.41. The van der Waals surface area contributed by atoms with E-state index in [2.05, 4.69) is 207 Å². The minimum atomic E-state index is 0.0401. The van der Waals surface area contributed by atoms with Gasteiger partial charge in [0.25, 0.3) is 0 Å². The van der Waals surface area contributed by atoms with Crippen molar-refractivity contribution in [2.45, 2.75) is 52.4 Å². The molecule has 3 heteroatoms. The van der Waals surface area contributed by atoms with Crippen LogP contribution in [0, 0.1) is 0 Å². The Kier molecular flexibility index (Phi) is 7.83. The van der Waals surface area contributed by atoms with Gasteiger partial charge in [0.1, 0.15) is 0 Å². The molecule has 2 aromatic heterocycles. The predicted molar refractivity (Wildman–Crippen MR) is 234 cm³/mol. The Balaban J connectivity index is 1.29. The second-order valence-electron chi connectivity index (χ2n) is 16.8. The van der Waals surface area contributed by atoms with Crippen LogP contribution in [0.1, 0.15) is 58.2 Å².